The molecule has 4 heteroatoms. The van der Waals surface area contributed by atoms with Gasteiger partial charge in [0.25, 0.3) is 6.47 Å². The van der Waals surface area contributed by atoms with Gasteiger partial charge in [-0.15, -0.1) is 11.6 Å². The summed E-state index contributed by atoms with van der Waals surface area (Å²) in [6.07, 6.45) is 0. The summed E-state index contributed by atoms with van der Waals surface area (Å²) in [6.45, 7) is 0.688. The molecule has 0 radical (unpaired) electrons. The van der Waals surface area contributed by atoms with Crippen LogP contribution in [0.2, 0.25) is 0 Å². The van der Waals surface area contributed by atoms with Gasteiger partial charge in [-0.05, 0) is 0 Å². The van der Waals surface area contributed by atoms with Gasteiger partial charge in [0, 0.05) is 0 Å². The van der Waals surface area contributed by atoms with Crippen molar-refractivity contribution in [1.29, 1.82) is 0 Å². The maximum absolute atomic E-state index is 9.28. The number of carbonyl (C=O) groups excluding carboxylic acids is 1. The normalized spacial score (nSPS) is 6.43. The van der Waals surface area contributed by atoms with Crippen LogP contribution in [0.4, 0.5) is 0 Å². The summed E-state index contributed by atoms with van der Waals surface area (Å²) >= 11 is 5.10. The van der Waals surface area contributed by atoms with Crippen LogP contribution in [0.15, 0.2) is 0 Å². The fourth-order valence-corrected chi connectivity index (χ4v) is 0.182. The Morgan fingerprint density at radius 2 is 2.29 bits per heavy atom. The van der Waals surface area contributed by atoms with Gasteiger partial charge in [-0.1, -0.05) is 0 Å². The van der Waals surface area contributed by atoms with Crippen molar-refractivity contribution in [2.24, 2.45) is 0 Å². The number of alkyl halides is 1. The fourth-order valence-electron chi connectivity index (χ4n) is 0.0927. The molecule has 38 valence electrons. The van der Waals surface area contributed by atoms with Crippen LogP contribution in [0.5, 0.6) is 0 Å². The van der Waals surface area contributed by atoms with Gasteiger partial charge in [-0.25, -0.2) is 0 Å². The van der Waals surface area contributed by atoms with E-state index in [1.807, 2.05) is 0 Å². The summed E-state index contributed by atoms with van der Waals surface area (Å²) in [5.41, 5.74) is 0. The molecule has 0 aliphatic rings. The molecule has 0 aromatic rings. The van der Waals surface area contributed by atoms with E-state index in [2.05, 4.69) is 4.74 Å². The van der Waals surface area contributed by atoms with Crippen LogP contribution >= 0.6 is 11.6 Å². The van der Waals surface area contributed by atoms with Crippen LogP contribution in [0.1, 0.15) is 0 Å². The fraction of sp³-hybridized carbons (Fsp3) is 0.667. The molecule has 0 heterocycles. The molecule has 2 nitrogen and oxygen atoms in total. The van der Waals surface area contributed by atoms with Crippen molar-refractivity contribution in [2.45, 2.75) is 0 Å². The Morgan fingerprint density at radius 1 is 1.71 bits per heavy atom. The van der Waals surface area contributed by atoms with Gasteiger partial charge in [-0.3, -0.25) is 4.79 Å². The molecule has 0 amide bonds. The Morgan fingerprint density at radius 3 is 2.43 bits per heavy atom. The second-order valence-electron chi connectivity index (χ2n) is 0.656. The van der Waals surface area contributed by atoms with E-state index in [0.717, 1.165) is 0 Å². The number of halogens is 1. The molecule has 0 spiro atoms. The maximum atomic E-state index is 9.28. The van der Waals surface area contributed by atoms with Gasteiger partial charge in [0.05, 0.1) is 5.88 Å². The van der Waals surface area contributed by atoms with Crippen LogP contribution < -0.4 is 0 Å². The number of carbonyl (C=O) groups is 1. The average Bonchev–Trinajstić information content (AvgIpc) is 1.61. The Labute approximate surface area is 69.5 Å². The molecule has 0 rings (SSSR count). The van der Waals surface area contributed by atoms with E-state index in [4.69, 9.17) is 11.6 Å². The third-order valence-electron chi connectivity index (χ3n) is 0.263. The number of hydrogen-bond donors (Lipinski definition) is 0. The first-order chi connectivity index (χ1) is 2.91. The van der Waals surface area contributed by atoms with Crippen molar-refractivity contribution in [3.63, 3.8) is 0 Å². The van der Waals surface area contributed by atoms with E-state index < -0.39 is 0 Å². The van der Waals surface area contributed by atoms with Crippen LogP contribution in [0, 0.1) is 0 Å². The summed E-state index contributed by atoms with van der Waals surface area (Å²) in [7, 11) is 0. The number of rotatable bonds is 3. The Kier molecular flexibility index (Phi) is 15.1. The quantitative estimate of drug-likeness (QED) is 0.229. The second kappa shape index (κ2) is 9.90. The molecule has 0 aliphatic heterocycles. The van der Waals surface area contributed by atoms with E-state index in [0.29, 0.717) is 19.0 Å². The summed E-state index contributed by atoms with van der Waals surface area (Å²) in [5, 5.41) is 0. The van der Waals surface area contributed by atoms with Crippen LogP contribution in [0.25, 0.3) is 0 Å². The monoisotopic (exact) mass is 132 g/mol. The minimum absolute atomic E-state index is 0. The van der Waals surface area contributed by atoms with Gasteiger partial charge in [0.1, 0.15) is 6.61 Å². The summed E-state index contributed by atoms with van der Waals surface area (Å²) in [6, 6.07) is 0. The van der Waals surface area contributed by atoms with Gasteiger partial charge in [-0.2, -0.15) is 0 Å². The van der Waals surface area contributed by atoms with Crippen molar-refractivity contribution in [2.75, 3.05) is 12.5 Å². The predicted octanol–water partition coefficient (Wildman–Crippen LogP) is -0.250. The molecule has 0 aliphatic carbocycles. The zero-order valence-electron chi connectivity index (χ0n) is 3.19. The molecule has 0 saturated heterocycles. The zero-order chi connectivity index (χ0) is 4.83. The molecule has 0 N–H and O–H groups in total. The van der Waals surface area contributed by atoms with E-state index in [9.17, 15) is 4.79 Å². The molecule has 0 fully saturated rings. The van der Waals surface area contributed by atoms with Crippen molar-refractivity contribution in [3.8, 4) is 0 Å². The number of hydrogen-bond acceptors (Lipinski definition) is 2. The summed E-state index contributed by atoms with van der Waals surface area (Å²) in [5.74, 6) is 0.374. The topological polar surface area (TPSA) is 26.3 Å². The molecule has 0 atom stereocenters. The second-order valence-corrected chi connectivity index (χ2v) is 1.03. The third-order valence-corrected chi connectivity index (χ3v) is 0.417. The van der Waals surface area contributed by atoms with Crippen molar-refractivity contribution < 1.29 is 9.53 Å². The molecule has 0 saturated carbocycles. The summed E-state index contributed by atoms with van der Waals surface area (Å²) in [4.78, 5) is 9.28. The standard InChI is InChI=1S/C3H5ClO2.Na.H/c4-1-2-6-3-5;;/h3H,1-2H2;;. The first kappa shape index (κ1) is 10.7. The van der Waals surface area contributed by atoms with Crippen molar-refractivity contribution in [1.82, 2.24) is 0 Å². The first-order valence-corrected chi connectivity index (χ1v) is 2.06. The van der Waals surface area contributed by atoms with Gasteiger partial charge < -0.3 is 4.74 Å². The van der Waals surface area contributed by atoms with Crippen molar-refractivity contribution in [3.05, 3.63) is 0 Å². The molecule has 0 aromatic carbocycles. The Balaban J connectivity index is 0. The molecule has 0 aromatic heterocycles. The van der Waals surface area contributed by atoms with Gasteiger partial charge >= 0.3 is 29.6 Å². The zero-order valence-corrected chi connectivity index (χ0v) is 3.94. The molecular weight excluding hydrogens is 126 g/mol. The third kappa shape index (κ3) is 10.8. The van der Waals surface area contributed by atoms with Crippen LogP contribution in [0.3, 0.4) is 0 Å². The minimum atomic E-state index is 0. The van der Waals surface area contributed by atoms with E-state index in [-0.39, 0.29) is 29.6 Å². The summed E-state index contributed by atoms with van der Waals surface area (Å²) < 4.78 is 4.17. The molecule has 7 heavy (non-hydrogen) atoms. The van der Waals surface area contributed by atoms with Gasteiger partial charge in [0.2, 0.25) is 0 Å². The Bertz CT molecular complexity index is 41.9. The molecule has 0 unspecified atom stereocenters. The van der Waals surface area contributed by atoms with E-state index in [1.165, 1.54) is 0 Å². The van der Waals surface area contributed by atoms with Gasteiger partial charge in [0.15, 0.2) is 0 Å². The number of ether oxygens (including phenoxy) is 1. The SMILES string of the molecule is O=COCCCl.[NaH]. The Hall–Kier alpha value is 0.760. The van der Waals surface area contributed by atoms with Crippen LogP contribution in [-0.2, 0) is 9.53 Å². The average molecular weight is 133 g/mol. The molecule has 0 bridgehead atoms. The van der Waals surface area contributed by atoms with E-state index in [1.54, 1.807) is 0 Å². The molecular formula is C3H6ClNaO2. The predicted molar refractivity (Wildman–Crippen MR) is 29.9 cm³/mol. The van der Waals surface area contributed by atoms with E-state index >= 15 is 0 Å². The first-order valence-electron chi connectivity index (χ1n) is 1.53. The van der Waals surface area contributed by atoms with Crippen LogP contribution in [-0.4, -0.2) is 48.5 Å². The van der Waals surface area contributed by atoms with Crippen molar-refractivity contribution >= 4 is 47.6 Å².